The third-order valence-electron chi connectivity index (χ3n) is 19.6. The van der Waals surface area contributed by atoms with Crippen molar-refractivity contribution in [3.05, 3.63) is 173 Å². The Hall–Kier alpha value is -11.8. The van der Waals surface area contributed by atoms with Crippen molar-refractivity contribution in [2.24, 2.45) is 22.0 Å². The van der Waals surface area contributed by atoms with Crippen molar-refractivity contribution in [2.75, 3.05) is 94.4 Å². The molecule has 5 heterocycles. The van der Waals surface area contributed by atoms with E-state index in [-0.39, 0.29) is 134 Å². The number of anilines is 3. The van der Waals surface area contributed by atoms with Crippen molar-refractivity contribution in [1.82, 2.24) is 56.2 Å². The first-order chi connectivity index (χ1) is 55.0. The molecule has 0 radical (unpaired) electrons. The van der Waals surface area contributed by atoms with Crippen LogP contribution in [-0.2, 0) is 96.0 Å². The fourth-order valence-electron chi connectivity index (χ4n) is 12.5. The van der Waals surface area contributed by atoms with E-state index < -0.39 is 87.8 Å². The number of hydrogen-bond acceptors (Lipinski definition) is 19. The van der Waals surface area contributed by atoms with Gasteiger partial charge in [0.2, 0.25) is 41.9 Å². The number of alkyl carbamates (subject to hydrolysis) is 2. The van der Waals surface area contributed by atoms with Crippen LogP contribution in [0.2, 0.25) is 0 Å². The van der Waals surface area contributed by atoms with Crippen LogP contribution < -0.4 is 48.0 Å². The molecule has 10 N–H and O–H groups in total. The number of piperidine rings is 3. The minimum Gasteiger partial charge on any atom is -0.448 e. The molecule has 4 aromatic carbocycles. The zero-order valence-corrected chi connectivity index (χ0v) is 66.8. The number of aromatic nitrogens is 3. The highest BCUT2D eigenvalue weighted by atomic mass is 19.4. The molecule has 0 bridgehead atoms. The van der Waals surface area contributed by atoms with Gasteiger partial charge in [-0.1, -0.05) is 56.3 Å². The minimum atomic E-state index is -4.54. The Bertz CT molecular complexity index is 4260. The van der Waals surface area contributed by atoms with Gasteiger partial charge in [-0.05, 0) is 189 Å². The molecule has 9 rings (SSSR count). The molecule has 0 spiro atoms. The molecule has 116 heavy (non-hydrogen) atoms. The van der Waals surface area contributed by atoms with Gasteiger partial charge in [0.25, 0.3) is 0 Å². The van der Waals surface area contributed by atoms with Crippen molar-refractivity contribution in [2.45, 2.75) is 151 Å². The van der Waals surface area contributed by atoms with Gasteiger partial charge in [-0.25, -0.2) is 28.6 Å². The maximum atomic E-state index is 14.0. The average Bonchev–Trinajstić information content (AvgIpc) is 0.830. The number of alkyl halides is 3. The van der Waals surface area contributed by atoms with E-state index >= 15 is 0 Å². The zero-order chi connectivity index (χ0) is 84.9. The number of carbonyl (C=O) groups is 11. The predicted octanol–water partition coefficient (Wildman–Crippen LogP) is 9.54. The summed E-state index contributed by atoms with van der Waals surface area (Å²) in [4.78, 5) is 160. The second-order valence-electron chi connectivity index (χ2n) is 30.1. The highest BCUT2D eigenvalue weighted by Gasteiger charge is 2.47. The SMILES string of the molecule is CCc1ccc(N(C=O)OCC2(C(=O)NCc3ccccn3)CCN(C(=O)CN)CC2)cc1.CCc1ccc(NC(=O)OCC2(C(=O)NCc3ncc[nH]3)CCN(C(=O)CNC(=O)OC(C)(C)C)CC2)cc1.Cc1c(F)cccc1CNC(=O)C1(COC(=O)Nc2ccc(C(F)(F)F)cc2)CCN(C(=O)CNC(=O)OC(C)(C)C)CC1. The molecule has 0 saturated carbocycles. The quantitative estimate of drug-likeness (QED) is 0.0100. The van der Waals surface area contributed by atoms with Gasteiger partial charge in [-0.15, -0.1) is 0 Å². The molecule has 0 unspecified atom stereocenters. The Morgan fingerprint density at radius 1 is 0.534 bits per heavy atom. The van der Waals surface area contributed by atoms with Crippen LogP contribution in [-0.4, -0.2) is 186 Å². The lowest BCUT2D eigenvalue weighted by molar-refractivity contribution is -0.145. The number of amides is 11. The molecule has 3 aliphatic rings. The maximum absolute atomic E-state index is 14.0. The third kappa shape index (κ3) is 28.4. The highest BCUT2D eigenvalue weighted by molar-refractivity contribution is 5.89. The van der Waals surface area contributed by atoms with E-state index in [0.717, 1.165) is 59.0 Å². The number of carbonyl (C=O) groups excluding carboxylic acids is 11. The fraction of sp³-hybridized carbons (Fsp3) is 0.469. The van der Waals surface area contributed by atoms with E-state index in [9.17, 15) is 70.3 Å². The number of hydrogen-bond donors (Lipinski definition) is 9. The van der Waals surface area contributed by atoms with Crippen LogP contribution in [0.15, 0.2) is 128 Å². The first kappa shape index (κ1) is 91.4. The number of nitrogens with one attached hydrogen (secondary N) is 8. The molecule has 6 aromatic rings. The normalized spacial score (nSPS) is 14.8. The van der Waals surface area contributed by atoms with Crippen molar-refractivity contribution < 1.29 is 94.1 Å². The van der Waals surface area contributed by atoms with E-state index in [1.807, 2.05) is 61.5 Å². The van der Waals surface area contributed by atoms with Crippen LogP contribution in [0.4, 0.5) is 53.8 Å². The number of ether oxygens (including phenoxy) is 4. The number of pyridine rings is 1. The largest absolute Gasteiger partial charge is 0.448 e. The number of imidazole rings is 1. The third-order valence-corrected chi connectivity index (χ3v) is 19.6. The topological polar surface area (TPSA) is 399 Å². The summed E-state index contributed by atoms with van der Waals surface area (Å²) in [6.45, 7) is 16.8. The monoisotopic (exact) mass is 1620 g/mol. The number of halogens is 4. The minimum absolute atomic E-state index is 0.0000235. The Morgan fingerprint density at radius 2 is 0.983 bits per heavy atom. The summed E-state index contributed by atoms with van der Waals surface area (Å²) in [5.74, 6) is -1.65. The number of nitrogens with zero attached hydrogens (tertiary/aromatic N) is 6. The summed E-state index contributed by atoms with van der Waals surface area (Å²) in [6.07, 6.45) is 1.18. The van der Waals surface area contributed by atoms with Gasteiger partial charge >= 0.3 is 30.5 Å². The van der Waals surface area contributed by atoms with Gasteiger partial charge in [-0.2, -0.15) is 18.2 Å². The van der Waals surface area contributed by atoms with E-state index in [1.165, 1.54) is 17.0 Å². The van der Waals surface area contributed by atoms with Crippen molar-refractivity contribution in [3.63, 3.8) is 0 Å². The van der Waals surface area contributed by atoms with E-state index in [0.29, 0.717) is 60.7 Å². The van der Waals surface area contributed by atoms with Gasteiger partial charge in [0.15, 0.2) is 0 Å². The maximum Gasteiger partial charge on any atom is 0.416 e. The molecular formula is C81H105F4N15O16. The Labute approximate surface area is 670 Å². The van der Waals surface area contributed by atoms with Crippen LogP contribution in [0.5, 0.6) is 0 Å². The summed E-state index contributed by atoms with van der Waals surface area (Å²) >= 11 is 0. The highest BCUT2D eigenvalue weighted by Crippen LogP contribution is 2.37. The molecule has 35 heteroatoms. The van der Waals surface area contributed by atoms with Crippen molar-refractivity contribution >= 4 is 83.3 Å². The summed E-state index contributed by atoms with van der Waals surface area (Å²) in [5, 5.41) is 19.6. The van der Waals surface area contributed by atoms with Crippen molar-refractivity contribution in [1.29, 1.82) is 0 Å². The van der Waals surface area contributed by atoms with Crippen LogP contribution >= 0.6 is 0 Å². The lowest BCUT2D eigenvalue weighted by Crippen LogP contribution is -2.54. The van der Waals surface area contributed by atoms with Crippen LogP contribution in [0, 0.1) is 29.0 Å². The molecular weight excluding hydrogens is 1510 g/mol. The Kier molecular flexibility index (Phi) is 33.6. The van der Waals surface area contributed by atoms with E-state index in [4.69, 9.17) is 29.5 Å². The van der Waals surface area contributed by atoms with Gasteiger partial charge in [0, 0.05) is 75.8 Å². The molecule has 31 nitrogen and oxygen atoms in total. The van der Waals surface area contributed by atoms with Crippen LogP contribution in [0.1, 0.15) is 133 Å². The van der Waals surface area contributed by atoms with Crippen molar-refractivity contribution in [3.8, 4) is 0 Å². The number of nitrogens with two attached hydrogens (primary N) is 1. The molecule has 3 aliphatic heterocycles. The molecule has 2 aromatic heterocycles. The molecule has 628 valence electrons. The second kappa shape index (κ2) is 42.6. The number of hydroxylamine groups is 1. The molecule has 3 saturated heterocycles. The summed E-state index contributed by atoms with van der Waals surface area (Å²) in [6, 6.07) is 28.7. The van der Waals surface area contributed by atoms with Crippen LogP contribution in [0.25, 0.3) is 0 Å². The molecule has 11 amide bonds. The lowest BCUT2D eigenvalue weighted by atomic mass is 9.78. The molecule has 0 atom stereocenters. The summed E-state index contributed by atoms with van der Waals surface area (Å²) in [5.41, 5.74) is 5.17. The van der Waals surface area contributed by atoms with Gasteiger partial charge in [-0.3, -0.25) is 54.0 Å². The first-order valence-electron chi connectivity index (χ1n) is 38.0. The predicted molar refractivity (Wildman–Crippen MR) is 419 cm³/mol. The standard InChI is InChI=1S/C30H36F4N4O6.C27H38N6O6.C24H31N5O4/c1-19-20(6-5-7-23(19)31)16-35-25(40)29(18-43-27(42)37-22-10-8-21(9-11-22)30(32,33)34)12-14-38(15-13-29)24(39)17-36-26(41)44-28(2,3)4;1-5-19-6-8-20(9-7-19)32-25(37)38-18-27(23(35)30-16-21-28-12-13-29-21)10-14-33(15-11-27)22(34)17-31-24(36)39-26(2,3)4;1-2-19-6-8-21(9-7-19)29(18-30)33-17-24(10-13-28(14-11-24)22(31)15-25)23(32)27-16-20-5-3-4-12-26-20/h5-11H,12-18H2,1-4H3,(H,35,40)(H,36,41)(H,37,42);6-9,12-13H,5,10-11,14-18H2,1-4H3,(H,28,29)(H,30,35)(H,31,36)(H,32,37);3-9,12,18H,2,10-11,13-17,25H2,1H3,(H,27,32). The van der Waals surface area contributed by atoms with Crippen LogP contribution in [0.3, 0.4) is 0 Å². The summed E-state index contributed by atoms with van der Waals surface area (Å²) < 4.78 is 73.7. The fourth-order valence-corrected chi connectivity index (χ4v) is 12.5. The Morgan fingerprint density at radius 3 is 1.41 bits per heavy atom. The number of H-pyrrole nitrogens is 1. The van der Waals surface area contributed by atoms with E-state index in [2.05, 4.69) is 59.1 Å². The zero-order valence-electron chi connectivity index (χ0n) is 66.8. The first-order valence-corrected chi connectivity index (χ1v) is 38.0. The number of aryl methyl sites for hydroxylation is 2. The number of likely N-dealkylation sites (tertiary alicyclic amines) is 3. The van der Waals surface area contributed by atoms with E-state index in [1.54, 1.807) is 95.1 Å². The van der Waals surface area contributed by atoms with Gasteiger partial charge in [0.05, 0.1) is 59.4 Å². The van der Waals surface area contributed by atoms with Gasteiger partial charge < -0.3 is 70.9 Å². The summed E-state index contributed by atoms with van der Waals surface area (Å²) in [7, 11) is 0. The number of aromatic amines is 1. The smallest absolute Gasteiger partial charge is 0.416 e. The number of benzene rings is 4. The van der Waals surface area contributed by atoms with Gasteiger partial charge in [0.1, 0.15) is 49.1 Å². The molecule has 3 fully saturated rings. The second-order valence-corrected chi connectivity index (χ2v) is 30.1. The average molecular weight is 1620 g/mol. The number of rotatable bonds is 27. The Balaban J connectivity index is 0.000000243. The molecule has 0 aliphatic carbocycles. The lowest BCUT2D eigenvalue weighted by Gasteiger charge is -2.40.